The average Bonchev–Trinajstić information content (AvgIpc) is 3.13. The normalized spacial score (nSPS) is 37.5. The number of benzene rings is 1. The van der Waals surface area contributed by atoms with Gasteiger partial charge in [0.25, 0.3) is 0 Å². The number of carbonyl (C=O) groups excluding carboxylic acids is 1. The summed E-state index contributed by atoms with van der Waals surface area (Å²) >= 11 is 0. The molecule has 6 atom stereocenters. The lowest BCUT2D eigenvalue weighted by molar-refractivity contribution is -0.145. The minimum atomic E-state index is -0.515. The Hall–Kier alpha value is -1.95. The van der Waals surface area contributed by atoms with Crippen molar-refractivity contribution in [2.45, 2.75) is 45.3 Å². The monoisotopic (exact) mass is 450 g/mol. The van der Waals surface area contributed by atoms with Crippen LogP contribution in [0.2, 0.25) is 0 Å². The predicted octanol–water partition coefficient (Wildman–Crippen LogP) is 3.60. The molecule has 2 aliphatic carbocycles. The largest absolute Gasteiger partial charge is 0.461 e. The number of hydrogen-bond donors (Lipinski definition) is 1. The Morgan fingerprint density at radius 1 is 1.15 bits per heavy atom. The minimum absolute atomic E-state index is 0.0907. The fourth-order valence-electron chi connectivity index (χ4n) is 6.61. The van der Waals surface area contributed by atoms with E-state index >= 15 is 0 Å². The molecule has 0 unspecified atom stereocenters. The van der Waals surface area contributed by atoms with Crippen LogP contribution in [0.4, 0.5) is 0 Å². The van der Waals surface area contributed by atoms with Gasteiger partial charge in [-0.2, -0.15) is 0 Å². The van der Waals surface area contributed by atoms with Gasteiger partial charge in [-0.25, -0.2) is 0 Å². The molecule has 0 amide bonds. The van der Waals surface area contributed by atoms with Crippen molar-refractivity contribution in [2.75, 3.05) is 39.3 Å². The zero-order valence-corrected chi connectivity index (χ0v) is 20.0. The highest BCUT2D eigenvalue weighted by atomic mass is 16.6. The molecule has 5 nitrogen and oxygen atoms in total. The van der Waals surface area contributed by atoms with Gasteiger partial charge in [0.15, 0.2) is 0 Å². The Morgan fingerprint density at radius 3 is 2.64 bits per heavy atom. The summed E-state index contributed by atoms with van der Waals surface area (Å²) < 4.78 is 5.85. The molecule has 2 aliphatic heterocycles. The third-order valence-electron chi connectivity index (χ3n) is 8.96. The summed E-state index contributed by atoms with van der Waals surface area (Å²) in [5, 5.41) is 11.5. The number of allylic oxidation sites excluding steroid dienone is 1. The SMILES string of the molecule is C[C@@H]1CCC=C2C[C@H]3OC(=O)[C@H](CN4CCN(CC=Cc5ccccc5)CC4)[C@@H]3[C@@H](O)[C@@]21C. The molecule has 0 bridgehead atoms. The quantitative estimate of drug-likeness (QED) is 0.549. The van der Waals surface area contributed by atoms with Gasteiger partial charge < -0.3 is 9.84 Å². The van der Waals surface area contributed by atoms with Gasteiger partial charge in [-0.3, -0.25) is 14.6 Å². The van der Waals surface area contributed by atoms with E-state index in [1.807, 2.05) is 6.07 Å². The lowest BCUT2D eigenvalue weighted by atomic mass is 9.55. The number of fused-ring (bicyclic) bond motifs is 2. The number of aliphatic hydroxyl groups excluding tert-OH is 1. The smallest absolute Gasteiger partial charge is 0.311 e. The van der Waals surface area contributed by atoms with E-state index in [1.54, 1.807) is 0 Å². The highest BCUT2D eigenvalue weighted by Crippen LogP contribution is 2.56. The predicted molar refractivity (Wildman–Crippen MR) is 130 cm³/mol. The Morgan fingerprint density at radius 2 is 1.88 bits per heavy atom. The molecule has 4 aliphatic rings. The molecule has 3 fully saturated rings. The molecule has 1 N–H and O–H groups in total. The van der Waals surface area contributed by atoms with Crippen molar-refractivity contribution in [3.05, 3.63) is 53.6 Å². The number of piperazine rings is 1. The molecule has 1 aromatic rings. The first-order valence-corrected chi connectivity index (χ1v) is 12.7. The topological polar surface area (TPSA) is 53.0 Å². The molecule has 1 aromatic carbocycles. The Labute approximate surface area is 198 Å². The number of ether oxygens (including phenoxy) is 1. The number of nitrogens with zero attached hydrogens (tertiary/aromatic N) is 2. The zero-order chi connectivity index (χ0) is 23.0. The van der Waals surface area contributed by atoms with E-state index in [-0.39, 0.29) is 29.3 Å². The first-order chi connectivity index (χ1) is 16.0. The van der Waals surface area contributed by atoms with Crippen LogP contribution in [0.5, 0.6) is 0 Å². The standard InChI is InChI=1S/C28H38N2O3/c1-20-8-6-12-22-18-24-25(26(31)28(20,22)2)23(27(32)33-24)19-30-16-14-29(15-17-30)13-7-11-21-9-4-3-5-10-21/h3-5,7,9-12,20,23-26,31H,6,8,13-19H2,1-2H3/t20-,23-,24-,25+,26-,28-/m1/s1. The van der Waals surface area contributed by atoms with Crippen molar-refractivity contribution in [2.24, 2.45) is 23.2 Å². The summed E-state index contributed by atoms with van der Waals surface area (Å²) in [7, 11) is 0. The van der Waals surface area contributed by atoms with Crippen LogP contribution in [0.25, 0.3) is 6.08 Å². The molecular weight excluding hydrogens is 412 g/mol. The molecule has 0 spiro atoms. The van der Waals surface area contributed by atoms with E-state index in [9.17, 15) is 9.90 Å². The molecule has 5 rings (SSSR count). The maximum Gasteiger partial charge on any atom is 0.311 e. The van der Waals surface area contributed by atoms with Crippen molar-refractivity contribution in [3.8, 4) is 0 Å². The van der Waals surface area contributed by atoms with Gasteiger partial charge in [0.1, 0.15) is 6.10 Å². The van der Waals surface area contributed by atoms with E-state index < -0.39 is 6.10 Å². The maximum absolute atomic E-state index is 12.9. The summed E-state index contributed by atoms with van der Waals surface area (Å²) in [6.45, 7) is 10.0. The second kappa shape index (κ2) is 9.36. The van der Waals surface area contributed by atoms with E-state index in [0.29, 0.717) is 12.5 Å². The van der Waals surface area contributed by atoms with Crippen molar-refractivity contribution < 1.29 is 14.6 Å². The van der Waals surface area contributed by atoms with Crippen LogP contribution in [-0.2, 0) is 9.53 Å². The van der Waals surface area contributed by atoms with Gasteiger partial charge in [0, 0.05) is 57.0 Å². The Bertz CT molecular complexity index is 905. The van der Waals surface area contributed by atoms with E-state index in [2.05, 4.69) is 66.1 Å². The van der Waals surface area contributed by atoms with Crippen LogP contribution in [0.1, 0.15) is 38.7 Å². The first-order valence-electron chi connectivity index (χ1n) is 12.7. The maximum atomic E-state index is 12.9. The van der Waals surface area contributed by atoms with Gasteiger partial charge in [-0.15, -0.1) is 0 Å². The Kier molecular flexibility index (Phi) is 6.47. The highest BCUT2D eigenvalue weighted by molar-refractivity contribution is 5.76. The van der Waals surface area contributed by atoms with Crippen LogP contribution in [-0.4, -0.2) is 72.4 Å². The van der Waals surface area contributed by atoms with E-state index in [0.717, 1.165) is 52.0 Å². The number of carbonyl (C=O) groups is 1. The second-order valence-electron chi connectivity index (χ2n) is 10.7. The number of esters is 1. The summed E-state index contributed by atoms with van der Waals surface area (Å²) in [5.41, 5.74) is 2.31. The molecule has 0 aromatic heterocycles. The molecule has 1 saturated carbocycles. The zero-order valence-electron chi connectivity index (χ0n) is 20.0. The molecular formula is C28H38N2O3. The molecule has 2 saturated heterocycles. The summed E-state index contributed by atoms with van der Waals surface area (Å²) in [6, 6.07) is 10.4. The fraction of sp³-hybridized carbons (Fsp3) is 0.607. The van der Waals surface area contributed by atoms with Crippen molar-refractivity contribution in [1.82, 2.24) is 9.80 Å². The van der Waals surface area contributed by atoms with Gasteiger partial charge in [-0.05, 0) is 24.3 Å². The van der Waals surface area contributed by atoms with Gasteiger partial charge >= 0.3 is 5.97 Å². The lowest BCUT2D eigenvalue weighted by Gasteiger charge is -2.52. The van der Waals surface area contributed by atoms with Crippen LogP contribution in [0.3, 0.4) is 0 Å². The van der Waals surface area contributed by atoms with Gasteiger partial charge in [0.05, 0.1) is 12.0 Å². The summed E-state index contributed by atoms with van der Waals surface area (Å²) in [6.07, 6.45) is 9.01. The second-order valence-corrected chi connectivity index (χ2v) is 10.7. The molecule has 5 heteroatoms. The lowest BCUT2D eigenvalue weighted by Crippen LogP contribution is -2.55. The first kappa shape index (κ1) is 22.8. The number of hydrogen-bond acceptors (Lipinski definition) is 5. The van der Waals surface area contributed by atoms with Crippen LogP contribution >= 0.6 is 0 Å². The van der Waals surface area contributed by atoms with Gasteiger partial charge in [-0.1, -0.05) is 68.0 Å². The Balaban J connectivity index is 1.18. The summed E-state index contributed by atoms with van der Waals surface area (Å²) in [4.78, 5) is 17.8. The molecule has 2 heterocycles. The van der Waals surface area contributed by atoms with E-state index in [4.69, 9.17) is 4.74 Å². The summed E-state index contributed by atoms with van der Waals surface area (Å²) in [5.74, 6) is 0.0131. The third-order valence-corrected chi connectivity index (χ3v) is 8.96. The van der Waals surface area contributed by atoms with Crippen molar-refractivity contribution in [1.29, 1.82) is 0 Å². The van der Waals surface area contributed by atoms with Crippen LogP contribution in [0, 0.1) is 23.2 Å². The minimum Gasteiger partial charge on any atom is -0.461 e. The number of rotatable bonds is 5. The molecule has 33 heavy (non-hydrogen) atoms. The highest BCUT2D eigenvalue weighted by Gasteiger charge is 2.59. The fourth-order valence-corrected chi connectivity index (χ4v) is 6.61. The van der Waals surface area contributed by atoms with Crippen LogP contribution in [0.15, 0.2) is 48.1 Å². The van der Waals surface area contributed by atoms with Crippen molar-refractivity contribution in [3.63, 3.8) is 0 Å². The number of aliphatic hydroxyl groups is 1. The van der Waals surface area contributed by atoms with Gasteiger partial charge in [0.2, 0.25) is 0 Å². The third kappa shape index (κ3) is 4.31. The molecule has 0 radical (unpaired) electrons. The van der Waals surface area contributed by atoms with Crippen LogP contribution < -0.4 is 0 Å². The van der Waals surface area contributed by atoms with E-state index in [1.165, 1.54) is 11.1 Å². The molecule has 178 valence electrons. The average molecular weight is 451 g/mol. The van der Waals surface area contributed by atoms with Crippen molar-refractivity contribution >= 4 is 12.0 Å².